The maximum Gasteiger partial charge on any atom is 0.147 e. The summed E-state index contributed by atoms with van der Waals surface area (Å²) in [6, 6.07) is 5.80. The minimum atomic E-state index is 0.547. The number of piperazine rings is 1. The highest BCUT2D eigenvalue weighted by molar-refractivity contribution is 6.36. The van der Waals surface area contributed by atoms with Gasteiger partial charge in [-0.25, -0.2) is 9.97 Å². The normalized spacial score (nSPS) is 14.6. The maximum absolute atomic E-state index is 6.26. The van der Waals surface area contributed by atoms with E-state index in [1.54, 1.807) is 12.3 Å². The molecule has 3 heterocycles. The number of pyridine rings is 2. The Balaban J connectivity index is 1.60. The van der Waals surface area contributed by atoms with Crippen molar-refractivity contribution < 1.29 is 0 Å². The monoisotopic (exact) mass is 377 g/mol. The van der Waals surface area contributed by atoms with E-state index in [0.29, 0.717) is 10.0 Å². The zero-order valence-electron chi connectivity index (χ0n) is 14.4. The van der Waals surface area contributed by atoms with E-state index in [0.717, 1.165) is 49.3 Å². The Morgan fingerprint density at radius 1 is 1.12 bits per heavy atom. The Bertz CT molecular complexity index is 765. The van der Waals surface area contributed by atoms with Gasteiger partial charge in [-0.2, -0.15) is 0 Å². The van der Waals surface area contributed by atoms with Crippen LogP contribution in [0, 0.1) is 13.8 Å². The van der Waals surface area contributed by atoms with Crippen molar-refractivity contribution in [1.29, 1.82) is 0 Å². The molecular formula is C18H21Cl2N5. The standard InChI is InChI=1S/C18H21Cl2N5/c1-12-8-13(2)22-17(9-12)23-14(3)24-4-6-25(7-5-24)18-16(20)10-15(19)11-21-18/h8-11H,3-7H2,1-2H3,(H,22,23). The van der Waals surface area contributed by atoms with Gasteiger partial charge in [-0.1, -0.05) is 29.8 Å². The summed E-state index contributed by atoms with van der Waals surface area (Å²) in [5.74, 6) is 2.46. The fraction of sp³-hybridized carbons (Fsp3) is 0.333. The summed E-state index contributed by atoms with van der Waals surface area (Å²) in [4.78, 5) is 13.2. The Morgan fingerprint density at radius 3 is 2.48 bits per heavy atom. The molecule has 0 unspecified atom stereocenters. The second-order valence-corrected chi connectivity index (χ2v) is 7.02. The molecule has 1 N–H and O–H groups in total. The largest absolute Gasteiger partial charge is 0.355 e. The lowest BCUT2D eigenvalue weighted by Crippen LogP contribution is -2.47. The molecule has 5 nitrogen and oxygen atoms in total. The predicted octanol–water partition coefficient (Wildman–Crippen LogP) is 4.11. The van der Waals surface area contributed by atoms with Crippen molar-refractivity contribution in [2.45, 2.75) is 13.8 Å². The summed E-state index contributed by atoms with van der Waals surface area (Å²) >= 11 is 12.2. The molecule has 3 rings (SSSR count). The molecule has 0 spiro atoms. The molecule has 1 fully saturated rings. The van der Waals surface area contributed by atoms with Gasteiger partial charge in [-0.05, 0) is 37.6 Å². The average Bonchev–Trinajstić information content (AvgIpc) is 2.54. The van der Waals surface area contributed by atoms with Crippen molar-refractivity contribution in [2.75, 3.05) is 36.4 Å². The molecule has 7 heteroatoms. The van der Waals surface area contributed by atoms with E-state index < -0.39 is 0 Å². The van der Waals surface area contributed by atoms with Crippen LogP contribution >= 0.6 is 23.2 Å². The smallest absolute Gasteiger partial charge is 0.147 e. The van der Waals surface area contributed by atoms with Crippen LogP contribution in [-0.4, -0.2) is 41.0 Å². The van der Waals surface area contributed by atoms with Crippen LogP contribution in [-0.2, 0) is 0 Å². The number of hydrogen-bond donors (Lipinski definition) is 1. The van der Waals surface area contributed by atoms with Crippen LogP contribution in [0.4, 0.5) is 11.6 Å². The highest BCUT2D eigenvalue weighted by Crippen LogP contribution is 2.27. The SMILES string of the molecule is C=C(Nc1cc(C)cc(C)n1)N1CCN(c2ncc(Cl)cc2Cl)CC1. The highest BCUT2D eigenvalue weighted by Gasteiger charge is 2.21. The number of aromatic nitrogens is 2. The molecule has 1 aliphatic rings. The third-order valence-electron chi connectivity index (χ3n) is 4.12. The summed E-state index contributed by atoms with van der Waals surface area (Å²) in [7, 11) is 0. The van der Waals surface area contributed by atoms with E-state index in [1.165, 1.54) is 5.56 Å². The van der Waals surface area contributed by atoms with Crippen molar-refractivity contribution in [3.8, 4) is 0 Å². The number of aryl methyl sites for hydroxylation is 2. The molecule has 0 aliphatic carbocycles. The van der Waals surface area contributed by atoms with Gasteiger partial charge in [0.2, 0.25) is 0 Å². The van der Waals surface area contributed by atoms with Crippen molar-refractivity contribution in [3.05, 3.63) is 58.1 Å². The number of anilines is 2. The number of nitrogens with zero attached hydrogens (tertiary/aromatic N) is 4. The minimum Gasteiger partial charge on any atom is -0.355 e. The average molecular weight is 378 g/mol. The third kappa shape index (κ3) is 4.35. The molecule has 0 bridgehead atoms. The molecule has 132 valence electrons. The molecule has 0 amide bonds. The summed E-state index contributed by atoms with van der Waals surface area (Å²) < 4.78 is 0. The summed E-state index contributed by atoms with van der Waals surface area (Å²) in [5.41, 5.74) is 2.17. The summed E-state index contributed by atoms with van der Waals surface area (Å²) in [6.45, 7) is 11.5. The van der Waals surface area contributed by atoms with E-state index in [9.17, 15) is 0 Å². The van der Waals surface area contributed by atoms with Crippen LogP contribution < -0.4 is 10.2 Å². The lowest BCUT2D eigenvalue weighted by Gasteiger charge is -2.37. The lowest BCUT2D eigenvalue weighted by atomic mass is 10.2. The molecule has 0 atom stereocenters. The summed E-state index contributed by atoms with van der Waals surface area (Å²) in [6.07, 6.45) is 1.63. The molecule has 0 saturated carbocycles. The Kier molecular flexibility index (Phi) is 5.35. The molecule has 0 aromatic carbocycles. The fourth-order valence-corrected chi connectivity index (χ4v) is 3.46. The van der Waals surface area contributed by atoms with Gasteiger partial charge >= 0.3 is 0 Å². The highest BCUT2D eigenvalue weighted by atomic mass is 35.5. The second kappa shape index (κ2) is 7.50. The molecule has 1 aliphatic heterocycles. The molecule has 0 radical (unpaired) electrons. The Morgan fingerprint density at radius 2 is 1.84 bits per heavy atom. The first-order valence-electron chi connectivity index (χ1n) is 8.14. The predicted molar refractivity (Wildman–Crippen MR) is 105 cm³/mol. The zero-order chi connectivity index (χ0) is 18.0. The Labute approximate surface area is 158 Å². The first-order chi connectivity index (χ1) is 11.9. The number of rotatable bonds is 4. The van der Waals surface area contributed by atoms with Gasteiger partial charge in [-0.3, -0.25) is 0 Å². The quantitative estimate of drug-likeness (QED) is 0.868. The maximum atomic E-state index is 6.26. The minimum absolute atomic E-state index is 0.547. The molecule has 1 saturated heterocycles. The van der Waals surface area contributed by atoms with Crippen molar-refractivity contribution in [1.82, 2.24) is 14.9 Å². The van der Waals surface area contributed by atoms with E-state index in [1.807, 2.05) is 13.0 Å². The van der Waals surface area contributed by atoms with Crippen molar-refractivity contribution in [3.63, 3.8) is 0 Å². The van der Waals surface area contributed by atoms with Gasteiger partial charge in [0, 0.05) is 38.1 Å². The van der Waals surface area contributed by atoms with Gasteiger partial charge < -0.3 is 15.1 Å². The number of hydrogen-bond acceptors (Lipinski definition) is 5. The fourth-order valence-electron chi connectivity index (χ4n) is 2.96. The molecule has 2 aromatic heterocycles. The van der Waals surface area contributed by atoms with Crippen molar-refractivity contribution >= 4 is 34.8 Å². The van der Waals surface area contributed by atoms with E-state index in [-0.39, 0.29) is 0 Å². The molecule has 2 aromatic rings. The van der Waals surface area contributed by atoms with Gasteiger partial charge in [0.1, 0.15) is 11.6 Å². The van der Waals surface area contributed by atoms with E-state index in [4.69, 9.17) is 23.2 Å². The first-order valence-corrected chi connectivity index (χ1v) is 8.90. The van der Waals surface area contributed by atoms with Gasteiger partial charge in [0.25, 0.3) is 0 Å². The second-order valence-electron chi connectivity index (χ2n) is 6.18. The van der Waals surface area contributed by atoms with Gasteiger partial charge in [-0.15, -0.1) is 0 Å². The van der Waals surface area contributed by atoms with Gasteiger partial charge in [0.15, 0.2) is 0 Å². The van der Waals surface area contributed by atoms with Crippen LogP contribution in [0.15, 0.2) is 36.8 Å². The van der Waals surface area contributed by atoms with Crippen LogP contribution in [0.3, 0.4) is 0 Å². The van der Waals surface area contributed by atoms with E-state index >= 15 is 0 Å². The summed E-state index contributed by atoms with van der Waals surface area (Å²) in [5, 5.41) is 4.44. The number of nitrogens with one attached hydrogen (secondary N) is 1. The lowest BCUT2D eigenvalue weighted by molar-refractivity contribution is 0.325. The van der Waals surface area contributed by atoms with Gasteiger partial charge in [0.05, 0.1) is 15.9 Å². The molecule has 25 heavy (non-hydrogen) atoms. The van der Waals surface area contributed by atoms with Crippen molar-refractivity contribution in [2.24, 2.45) is 0 Å². The van der Waals surface area contributed by atoms with Crippen LogP contribution in [0.5, 0.6) is 0 Å². The number of halogens is 2. The van der Waals surface area contributed by atoms with Crippen LogP contribution in [0.2, 0.25) is 10.0 Å². The topological polar surface area (TPSA) is 44.3 Å². The van der Waals surface area contributed by atoms with Crippen LogP contribution in [0.1, 0.15) is 11.3 Å². The third-order valence-corrected chi connectivity index (χ3v) is 4.60. The van der Waals surface area contributed by atoms with Crippen LogP contribution in [0.25, 0.3) is 0 Å². The Hall–Kier alpha value is -1.98. The zero-order valence-corrected chi connectivity index (χ0v) is 15.9. The first kappa shape index (κ1) is 17.8. The van der Waals surface area contributed by atoms with E-state index in [2.05, 4.69) is 44.7 Å². The molecular weight excluding hydrogens is 357 g/mol.